The number of aryl methyl sites for hydroxylation is 2. The lowest BCUT2D eigenvalue weighted by atomic mass is 9.98. The third-order valence-corrected chi connectivity index (χ3v) is 6.71. The minimum Gasteiger partial charge on any atom is -0.349 e. The normalized spacial score (nSPS) is 14.1. The number of carbonyl (C=O) groups is 1. The second-order valence-corrected chi connectivity index (χ2v) is 9.36. The van der Waals surface area contributed by atoms with Gasteiger partial charge in [-0.2, -0.15) is 0 Å². The Labute approximate surface area is 205 Å². The monoisotopic (exact) mass is 465 g/mol. The highest BCUT2D eigenvalue weighted by Gasteiger charge is 2.28. The van der Waals surface area contributed by atoms with Gasteiger partial charge in [-0.25, -0.2) is 4.98 Å². The van der Waals surface area contributed by atoms with E-state index >= 15 is 0 Å². The summed E-state index contributed by atoms with van der Waals surface area (Å²) in [5, 5.41) is 3.90. The average molecular weight is 466 g/mol. The van der Waals surface area contributed by atoms with Crippen molar-refractivity contribution in [2.75, 3.05) is 0 Å². The molecule has 1 heterocycles. The molecule has 1 aliphatic carbocycles. The van der Waals surface area contributed by atoms with E-state index < -0.39 is 0 Å². The smallest absolute Gasteiger partial charge is 0.261 e. The highest BCUT2D eigenvalue weighted by Crippen LogP contribution is 2.35. The van der Waals surface area contributed by atoms with E-state index in [2.05, 4.69) is 41.7 Å². The second-order valence-electron chi connectivity index (χ2n) is 9.36. The van der Waals surface area contributed by atoms with Crippen LogP contribution in [0.3, 0.4) is 0 Å². The second kappa shape index (κ2) is 10.7. The first-order valence-corrected chi connectivity index (χ1v) is 12.6. The molecule has 5 nitrogen and oxygen atoms in total. The molecule has 5 rings (SSSR count). The number of hydrogen-bond acceptors (Lipinski definition) is 3. The van der Waals surface area contributed by atoms with Crippen LogP contribution in [0.15, 0.2) is 89.7 Å². The summed E-state index contributed by atoms with van der Waals surface area (Å²) in [5.74, 6) is 0.704. The van der Waals surface area contributed by atoms with E-state index in [1.54, 1.807) is 0 Å². The molecule has 1 aliphatic rings. The third kappa shape index (κ3) is 5.68. The molecule has 1 atom stereocenters. The maximum Gasteiger partial charge on any atom is 0.261 e. The molecule has 0 saturated heterocycles. The van der Waals surface area contributed by atoms with Gasteiger partial charge in [0.15, 0.2) is 0 Å². The van der Waals surface area contributed by atoms with Crippen LogP contribution in [0.5, 0.6) is 0 Å². The molecule has 3 aromatic carbocycles. The number of benzene rings is 3. The first kappa shape index (κ1) is 23.0. The SMILES string of the molecule is O=C(CCc1nc2ccccc2c(=O)n1C1CC1)NC(CCCc1ccccc1)c1ccccc1. The van der Waals surface area contributed by atoms with Crippen molar-refractivity contribution in [2.24, 2.45) is 0 Å². The van der Waals surface area contributed by atoms with Crippen molar-refractivity contribution in [1.29, 1.82) is 0 Å². The summed E-state index contributed by atoms with van der Waals surface area (Å²) in [7, 11) is 0. The number of fused-ring (bicyclic) bond motifs is 1. The van der Waals surface area contributed by atoms with Gasteiger partial charge >= 0.3 is 0 Å². The lowest BCUT2D eigenvalue weighted by molar-refractivity contribution is -0.121. The predicted molar refractivity (Wildman–Crippen MR) is 139 cm³/mol. The molecule has 1 aromatic heterocycles. The van der Waals surface area contributed by atoms with Gasteiger partial charge in [0.25, 0.3) is 5.56 Å². The van der Waals surface area contributed by atoms with Crippen molar-refractivity contribution >= 4 is 16.8 Å². The van der Waals surface area contributed by atoms with E-state index in [4.69, 9.17) is 4.98 Å². The zero-order valence-corrected chi connectivity index (χ0v) is 19.9. The highest BCUT2D eigenvalue weighted by atomic mass is 16.1. The van der Waals surface area contributed by atoms with Gasteiger partial charge in [-0.15, -0.1) is 0 Å². The van der Waals surface area contributed by atoms with Gasteiger partial charge in [0.2, 0.25) is 5.91 Å². The fraction of sp³-hybridized carbons (Fsp3) is 0.300. The zero-order chi connectivity index (χ0) is 24.0. The number of nitrogens with one attached hydrogen (secondary N) is 1. The summed E-state index contributed by atoms with van der Waals surface area (Å²) < 4.78 is 1.82. The van der Waals surface area contributed by atoms with Crippen LogP contribution in [0.4, 0.5) is 0 Å². The molecule has 35 heavy (non-hydrogen) atoms. The molecule has 1 saturated carbocycles. The Hall–Kier alpha value is -3.73. The molecule has 1 fully saturated rings. The maximum absolute atomic E-state index is 13.1. The first-order chi connectivity index (χ1) is 17.2. The van der Waals surface area contributed by atoms with Crippen molar-refractivity contribution in [2.45, 2.75) is 57.0 Å². The number of nitrogens with zero attached hydrogens (tertiary/aromatic N) is 2. The number of carbonyl (C=O) groups excluding carboxylic acids is 1. The molecule has 0 spiro atoms. The van der Waals surface area contributed by atoms with E-state index in [1.807, 2.05) is 53.1 Å². The molecule has 1 unspecified atom stereocenters. The maximum atomic E-state index is 13.1. The minimum atomic E-state index is -0.0393. The Morgan fingerprint density at radius 3 is 2.34 bits per heavy atom. The summed E-state index contributed by atoms with van der Waals surface area (Å²) in [6, 6.07) is 28.3. The molecule has 4 aromatic rings. The van der Waals surface area contributed by atoms with Gasteiger partial charge in [0.05, 0.1) is 16.9 Å². The third-order valence-electron chi connectivity index (χ3n) is 6.71. The lowest BCUT2D eigenvalue weighted by Crippen LogP contribution is -2.30. The molecule has 178 valence electrons. The predicted octanol–water partition coefficient (Wildman–Crippen LogP) is 5.54. The summed E-state index contributed by atoms with van der Waals surface area (Å²) in [4.78, 5) is 30.9. The summed E-state index contributed by atoms with van der Waals surface area (Å²) >= 11 is 0. The molecule has 1 amide bonds. The largest absolute Gasteiger partial charge is 0.349 e. The van der Waals surface area contributed by atoms with E-state index in [1.165, 1.54) is 5.56 Å². The van der Waals surface area contributed by atoms with E-state index in [9.17, 15) is 9.59 Å². The van der Waals surface area contributed by atoms with E-state index in [0.717, 1.165) is 37.7 Å². The van der Waals surface area contributed by atoms with Crippen LogP contribution in [0.25, 0.3) is 10.9 Å². The van der Waals surface area contributed by atoms with E-state index in [0.29, 0.717) is 29.6 Å². The van der Waals surface area contributed by atoms with Crippen LogP contribution in [0, 0.1) is 0 Å². The van der Waals surface area contributed by atoms with Crippen LogP contribution in [0.2, 0.25) is 0 Å². The highest BCUT2D eigenvalue weighted by molar-refractivity contribution is 5.78. The lowest BCUT2D eigenvalue weighted by Gasteiger charge is -2.20. The Bertz CT molecular complexity index is 1340. The van der Waals surface area contributed by atoms with Crippen LogP contribution in [-0.2, 0) is 17.6 Å². The fourth-order valence-corrected chi connectivity index (χ4v) is 4.73. The molecule has 0 bridgehead atoms. The molecule has 1 N–H and O–H groups in total. The molecular formula is C30H31N3O2. The van der Waals surface area contributed by atoms with Gasteiger partial charge in [0, 0.05) is 18.9 Å². The molecular weight excluding hydrogens is 434 g/mol. The van der Waals surface area contributed by atoms with Crippen molar-refractivity contribution < 1.29 is 4.79 Å². The fourth-order valence-electron chi connectivity index (χ4n) is 4.73. The molecule has 0 radical (unpaired) electrons. The first-order valence-electron chi connectivity index (χ1n) is 12.6. The van der Waals surface area contributed by atoms with Crippen LogP contribution < -0.4 is 10.9 Å². The van der Waals surface area contributed by atoms with Crippen molar-refractivity contribution in [3.05, 3.63) is 112 Å². The van der Waals surface area contributed by atoms with Crippen LogP contribution in [-0.4, -0.2) is 15.5 Å². The van der Waals surface area contributed by atoms with Crippen molar-refractivity contribution in [3.63, 3.8) is 0 Å². The summed E-state index contributed by atoms with van der Waals surface area (Å²) in [6.07, 6.45) is 5.58. The topological polar surface area (TPSA) is 64.0 Å². The van der Waals surface area contributed by atoms with Gasteiger partial charge in [0.1, 0.15) is 5.82 Å². The van der Waals surface area contributed by atoms with Gasteiger partial charge in [-0.3, -0.25) is 14.2 Å². The van der Waals surface area contributed by atoms with Crippen molar-refractivity contribution in [3.8, 4) is 0 Å². The number of rotatable bonds is 10. The summed E-state index contributed by atoms with van der Waals surface area (Å²) in [5.41, 5.74) is 3.14. The van der Waals surface area contributed by atoms with Gasteiger partial charge in [-0.05, 0) is 55.4 Å². The molecule has 5 heteroatoms. The Morgan fingerprint density at radius 1 is 0.914 bits per heavy atom. The van der Waals surface area contributed by atoms with Crippen molar-refractivity contribution in [1.82, 2.24) is 14.9 Å². The summed E-state index contributed by atoms with van der Waals surface area (Å²) in [6.45, 7) is 0. The van der Waals surface area contributed by atoms with Crippen LogP contribution >= 0.6 is 0 Å². The van der Waals surface area contributed by atoms with Gasteiger partial charge < -0.3 is 5.32 Å². The Balaban J connectivity index is 1.27. The Morgan fingerprint density at radius 2 is 1.60 bits per heavy atom. The van der Waals surface area contributed by atoms with Crippen LogP contribution in [0.1, 0.15) is 61.1 Å². The molecule has 0 aliphatic heterocycles. The zero-order valence-electron chi connectivity index (χ0n) is 19.9. The number of amides is 1. The minimum absolute atomic E-state index is 0.0107. The van der Waals surface area contributed by atoms with Gasteiger partial charge in [-0.1, -0.05) is 72.8 Å². The number of hydrogen-bond donors (Lipinski definition) is 1. The number of aromatic nitrogens is 2. The van der Waals surface area contributed by atoms with E-state index in [-0.39, 0.29) is 23.6 Å². The average Bonchev–Trinajstić information content (AvgIpc) is 3.73. The Kier molecular flexibility index (Phi) is 7.03. The quantitative estimate of drug-likeness (QED) is 0.334. The standard InChI is InChI=1S/C30H31N3O2/c34-29(21-20-28-31-27-16-8-7-15-25(27)30(35)33(28)24-18-19-24)32-26(23-13-5-2-6-14-23)17-9-12-22-10-3-1-4-11-22/h1-8,10-11,13-16,24,26H,9,12,17-21H2,(H,32,34). The number of para-hydroxylation sites is 1.